The van der Waals surface area contributed by atoms with Gasteiger partial charge in [-0.15, -0.1) is 11.6 Å². The van der Waals surface area contributed by atoms with Gasteiger partial charge in [0, 0.05) is 22.4 Å². The molecule has 1 saturated carbocycles. The Morgan fingerprint density at radius 1 is 1.35 bits per heavy atom. The summed E-state index contributed by atoms with van der Waals surface area (Å²) >= 11 is 12.8. The standard InChI is InChI=1S/C14H15Cl2N3O3S/c15-12-4-2-1-3-10(12)7-11(14(16)5-6-14)8-19-13(17-9-18-19)23(20,21)22/h1-4,9,11H,5-8H2,(H,20,21,22). The minimum atomic E-state index is -4.42. The molecule has 6 nitrogen and oxygen atoms in total. The number of benzene rings is 1. The molecule has 0 bridgehead atoms. The maximum Gasteiger partial charge on any atom is 0.330 e. The molecular weight excluding hydrogens is 361 g/mol. The van der Waals surface area contributed by atoms with Crippen LogP contribution in [-0.2, 0) is 23.1 Å². The summed E-state index contributed by atoms with van der Waals surface area (Å²) in [5.74, 6) is -0.0775. The fourth-order valence-corrected chi connectivity index (χ4v) is 3.68. The van der Waals surface area contributed by atoms with Crippen LogP contribution in [0.15, 0.2) is 35.7 Å². The molecule has 3 rings (SSSR count). The first-order valence-electron chi connectivity index (χ1n) is 7.07. The van der Waals surface area contributed by atoms with E-state index in [0.717, 1.165) is 24.7 Å². The number of hydrogen-bond donors (Lipinski definition) is 1. The van der Waals surface area contributed by atoms with Crippen molar-refractivity contribution in [2.24, 2.45) is 5.92 Å². The fraction of sp³-hybridized carbons (Fsp3) is 0.429. The average molecular weight is 376 g/mol. The summed E-state index contributed by atoms with van der Waals surface area (Å²) in [5, 5.41) is 4.08. The van der Waals surface area contributed by atoms with E-state index in [9.17, 15) is 13.0 Å². The molecule has 1 unspecified atom stereocenters. The van der Waals surface area contributed by atoms with Gasteiger partial charge in [0.15, 0.2) is 0 Å². The summed E-state index contributed by atoms with van der Waals surface area (Å²) in [4.78, 5) is 3.21. The van der Waals surface area contributed by atoms with Gasteiger partial charge < -0.3 is 0 Å². The molecule has 23 heavy (non-hydrogen) atoms. The third-order valence-corrected chi connectivity index (χ3v) is 5.92. The van der Waals surface area contributed by atoms with E-state index in [1.807, 2.05) is 18.2 Å². The Bertz CT molecular complexity index is 818. The van der Waals surface area contributed by atoms with Gasteiger partial charge in [-0.05, 0) is 30.9 Å². The van der Waals surface area contributed by atoms with Crippen molar-refractivity contribution in [3.05, 3.63) is 41.2 Å². The number of alkyl halides is 1. The van der Waals surface area contributed by atoms with Crippen LogP contribution in [0, 0.1) is 5.92 Å². The lowest BCUT2D eigenvalue weighted by Crippen LogP contribution is -2.27. The lowest BCUT2D eigenvalue weighted by atomic mass is 9.94. The summed E-state index contributed by atoms with van der Waals surface area (Å²) in [6.07, 6.45) is 3.39. The molecule has 1 N–H and O–H groups in total. The van der Waals surface area contributed by atoms with Crippen LogP contribution >= 0.6 is 23.2 Å². The predicted molar refractivity (Wildman–Crippen MR) is 86.3 cm³/mol. The lowest BCUT2D eigenvalue weighted by molar-refractivity contribution is 0.361. The zero-order chi connectivity index (χ0) is 16.7. The van der Waals surface area contributed by atoms with Gasteiger partial charge in [0.05, 0.1) is 0 Å². The Morgan fingerprint density at radius 2 is 2.04 bits per heavy atom. The van der Waals surface area contributed by atoms with Crippen LogP contribution in [-0.4, -0.2) is 32.6 Å². The van der Waals surface area contributed by atoms with E-state index in [1.165, 1.54) is 4.68 Å². The number of hydrogen-bond acceptors (Lipinski definition) is 4. The van der Waals surface area contributed by atoms with E-state index in [1.54, 1.807) is 6.07 Å². The van der Waals surface area contributed by atoms with Gasteiger partial charge in [0.1, 0.15) is 6.33 Å². The normalized spacial score (nSPS) is 17.9. The fourth-order valence-electron chi connectivity index (χ4n) is 2.66. The SMILES string of the molecule is O=S(=O)(O)c1ncnn1CC(Cc1ccccc1Cl)C1(Cl)CC1. The van der Waals surface area contributed by atoms with Crippen LogP contribution < -0.4 is 0 Å². The van der Waals surface area contributed by atoms with Crippen LogP contribution in [0.1, 0.15) is 18.4 Å². The van der Waals surface area contributed by atoms with E-state index >= 15 is 0 Å². The number of aromatic nitrogens is 3. The summed E-state index contributed by atoms with van der Waals surface area (Å²) in [5.41, 5.74) is 0.944. The molecule has 1 aliphatic carbocycles. The van der Waals surface area contributed by atoms with E-state index in [4.69, 9.17) is 23.2 Å². The largest absolute Gasteiger partial charge is 0.330 e. The van der Waals surface area contributed by atoms with Gasteiger partial charge in [-0.1, -0.05) is 29.8 Å². The maximum absolute atomic E-state index is 11.4. The van der Waals surface area contributed by atoms with Crippen molar-refractivity contribution in [1.29, 1.82) is 0 Å². The third kappa shape index (κ3) is 3.68. The molecule has 1 fully saturated rings. The Kier molecular flexibility index (Phi) is 4.39. The molecule has 0 saturated heterocycles. The second-order valence-electron chi connectivity index (χ2n) is 5.73. The Morgan fingerprint density at radius 3 is 2.65 bits per heavy atom. The molecule has 1 aromatic heterocycles. The van der Waals surface area contributed by atoms with Crippen molar-refractivity contribution < 1.29 is 13.0 Å². The minimum absolute atomic E-state index is 0.0775. The molecule has 0 aliphatic heterocycles. The summed E-state index contributed by atoms with van der Waals surface area (Å²) < 4.78 is 33.1. The maximum atomic E-state index is 11.4. The van der Waals surface area contributed by atoms with Gasteiger partial charge >= 0.3 is 10.1 Å². The smallest absolute Gasteiger partial charge is 0.279 e. The first-order chi connectivity index (χ1) is 10.8. The van der Waals surface area contributed by atoms with Crippen molar-refractivity contribution in [1.82, 2.24) is 14.8 Å². The molecule has 1 aromatic carbocycles. The highest BCUT2D eigenvalue weighted by Gasteiger charge is 2.48. The highest BCUT2D eigenvalue weighted by atomic mass is 35.5. The third-order valence-electron chi connectivity index (χ3n) is 4.09. The Labute approximate surface area is 144 Å². The molecule has 9 heteroatoms. The predicted octanol–water partition coefficient (Wildman–Crippen LogP) is 2.81. The first-order valence-corrected chi connectivity index (χ1v) is 9.27. The van der Waals surface area contributed by atoms with E-state index in [-0.39, 0.29) is 12.5 Å². The van der Waals surface area contributed by atoms with Crippen LogP contribution in [0.5, 0.6) is 0 Å². The van der Waals surface area contributed by atoms with Crippen molar-refractivity contribution in [3.63, 3.8) is 0 Å². The second-order valence-corrected chi connectivity index (χ2v) is 8.20. The van der Waals surface area contributed by atoms with Crippen molar-refractivity contribution >= 4 is 33.3 Å². The molecule has 2 aromatic rings. The van der Waals surface area contributed by atoms with Crippen molar-refractivity contribution in [3.8, 4) is 0 Å². The van der Waals surface area contributed by atoms with Crippen molar-refractivity contribution in [2.45, 2.75) is 35.8 Å². The average Bonchev–Trinajstić information content (AvgIpc) is 3.04. The molecule has 0 spiro atoms. The van der Waals surface area contributed by atoms with E-state index in [0.29, 0.717) is 11.4 Å². The summed E-state index contributed by atoms with van der Waals surface area (Å²) in [7, 11) is -4.42. The number of nitrogens with zero attached hydrogens (tertiary/aromatic N) is 3. The van der Waals surface area contributed by atoms with Crippen LogP contribution in [0.2, 0.25) is 5.02 Å². The zero-order valence-corrected chi connectivity index (χ0v) is 14.4. The van der Waals surface area contributed by atoms with Crippen molar-refractivity contribution in [2.75, 3.05) is 0 Å². The number of halogens is 2. The quantitative estimate of drug-likeness (QED) is 0.619. The molecule has 124 valence electrons. The Balaban J connectivity index is 1.87. The monoisotopic (exact) mass is 375 g/mol. The minimum Gasteiger partial charge on any atom is -0.279 e. The van der Waals surface area contributed by atoms with Crippen LogP contribution in [0.25, 0.3) is 0 Å². The van der Waals surface area contributed by atoms with Gasteiger partial charge in [0.2, 0.25) is 0 Å². The molecule has 1 aliphatic rings. The van der Waals surface area contributed by atoms with Gasteiger partial charge in [-0.2, -0.15) is 13.5 Å². The highest BCUT2D eigenvalue weighted by Crippen LogP contribution is 2.50. The first kappa shape index (κ1) is 16.7. The second kappa shape index (κ2) is 6.05. The zero-order valence-electron chi connectivity index (χ0n) is 12.1. The highest BCUT2D eigenvalue weighted by molar-refractivity contribution is 7.85. The lowest BCUT2D eigenvalue weighted by Gasteiger charge is -2.22. The van der Waals surface area contributed by atoms with E-state index < -0.39 is 20.1 Å². The van der Waals surface area contributed by atoms with E-state index in [2.05, 4.69) is 10.1 Å². The molecule has 1 heterocycles. The summed E-state index contributed by atoms with van der Waals surface area (Å²) in [6.45, 7) is 0.240. The summed E-state index contributed by atoms with van der Waals surface area (Å²) in [6, 6.07) is 7.47. The molecule has 0 amide bonds. The molecule has 1 atom stereocenters. The molecule has 0 radical (unpaired) electrons. The van der Waals surface area contributed by atoms with Gasteiger partial charge in [0.25, 0.3) is 5.16 Å². The van der Waals surface area contributed by atoms with Gasteiger partial charge in [-0.3, -0.25) is 4.55 Å². The van der Waals surface area contributed by atoms with Crippen LogP contribution in [0.3, 0.4) is 0 Å². The van der Waals surface area contributed by atoms with Gasteiger partial charge in [-0.25, -0.2) is 9.67 Å². The topological polar surface area (TPSA) is 85.1 Å². The number of rotatable bonds is 6. The Hall–Kier alpha value is -1.15. The molecular formula is C14H15Cl2N3O3S. The van der Waals surface area contributed by atoms with Crippen LogP contribution in [0.4, 0.5) is 0 Å².